The number of anilines is 1. The molecule has 5 nitrogen and oxygen atoms in total. The van der Waals surface area contributed by atoms with E-state index in [2.05, 4.69) is 39.8 Å². The number of rotatable bonds is 3. The minimum atomic E-state index is -0.268. The van der Waals surface area contributed by atoms with Crippen LogP contribution in [0.1, 0.15) is 46.9 Å². The molecule has 1 saturated heterocycles. The lowest BCUT2D eigenvalue weighted by atomic mass is 10.0. The maximum atomic E-state index is 13.1. The van der Waals surface area contributed by atoms with Gasteiger partial charge >= 0.3 is 0 Å². The summed E-state index contributed by atoms with van der Waals surface area (Å²) >= 11 is 2.18. The van der Waals surface area contributed by atoms with Crippen molar-refractivity contribution in [3.05, 3.63) is 57.4 Å². The summed E-state index contributed by atoms with van der Waals surface area (Å²) in [5.41, 5.74) is 1.54. The van der Waals surface area contributed by atoms with Crippen LogP contribution in [0.2, 0.25) is 0 Å². The van der Waals surface area contributed by atoms with Crippen molar-refractivity contribution in [2.24, 2.45) is 0 Å². The lowest BCUT2D eigenvalue weighted by Gasteiger charge is -2.34. The topological polar surface area (TPSA) is 62.3 Å². The number of pyridine rings is 1. The molecule has 2 heterocycles. The van der Waals surface area contributed by atoms with Gasteiger partial charge in [0.25, 0.3) is 11.8 Å². The summed E-state index contributed by atoms with van der Waals surface area (Å²) in [6.07, 6.45) is 6.33. The fourth-order valence-corrected chi connectivity index (χ4v) is 3.54. The minimum Gasteiger partial charge on any atom is -0.336 e. The van der Waals surface area contributed by atoms with Crippen LogP contribution in [0.4, 0.5) is 5.69 Å². The molecule has 1 aromatic carbocycles. The van der Waals surface area contributed by atoms with Crippen molar-refractivity contribution < 1.29 is 9.59 Å². The molecule has 1 atom stereocenters. The van der Waals surface area contributed by atoms with Gasteiger partial charge in [-0.1, -0.05) is 0 Å². The number of likely N-dealkylation sites (tertiary alicyclic amines) is 1. The van der Waals surface area contributed by atoms with Gasteiger partial charge in [-0.15, -0.1) is 0 Å². The predicted octanol–water partition coefficient (Wildman–Crippen LogP) is 3.95. The number of halogens is 1. The summed E-state index contributed by atoms with van der Waals surface area (Å²) in [6, 6.07) is 9.14. The third kappa shape index (κ3) is 4.18. The summed E-state index contributed by atoms with van der Waals surface area (Å²) in [4.78, 5) is 31.4. The van der Waals surface area contributed by atoms with Crippen molar-refractivity contribution in [1.29, 1.82) is 0 Å². The highest BCUT2D eigenvalue weighted by Gasteiger charge is 2.26. The SMILES string of the molecule is C[C@@H]1CCCCN1C(=O)c1cc(I)ccc1NC(=O)c1cccnc1. The highest BCUT2D eigenvalue weighted by molar-refractivity contribution is 14.1. The van der Waals surface area contributed by atoms with Crippen molar-refractivity contribution in [2.75, 3.05) is 11.9 Å². The Morgan fingerprint density at radius 1 is 1.28 bits per heavy atom. The molecule has 1 aliphatic rings. The lowest BCUT2D eigenvalue weighted by Crippen LogP contribution is -2.42. The van der Waals surface area contributed by atoms with Crippen LogP contribution in [0.25, 0.3) is 0 Å². The molecule has 2 amide bonds. The number of aromatic nitrogens is 1. The summed E-state index contributed by atoms with van der Waals surface area (Å²) in [5, 5.41) is 2.86. The van der Waals surface area contributed by atoms with Gasteiger partial charge in [-0.2, -0.15) is 0 Å². The molecule has 2 aromatic rings. The van der Waals surface area contributed by atoms with E-state index >= 15 is 0 Å². The zero-order valence-electron chi connectivity index (χ0n) is 14.0. The maximum absolute atomic E-state index is 13.1. The van der Waals surface area contributed by atoms with Gasteiger partial charge in [-0.3, -0.25) is 14.6 Å². The Hall–Kier alpha value is -1.96. The Kier molecular flexibility index (Phi) is 5.67. The largest absolute Gasteiger partial charge is 0.336 e. The first-order chi connectivity index (χ1) is 12.1. The third-order valence-electron chi connectivity index (χ3n) is 4.45. The average Bonchev–Trinajstić information content (AvgIpc) is 2.63. The number of carbonyl (C=O) groups excluding carboxylic acids is 2. The number of piperidine rings is 1. The van der Waals surface area contributed by atoms with Crippen LogP contribution >= 0.6 is 22.6 Å². The van der Waals surface area contributed by atoms with Crippen LogP contribution in [0, 0.1) is 3.57 Å². The smallest absolute Gasteiger partial charge is 0.257 e. The highest BCUT2D eigenvalue weighted by Crippen LogP contribution is 2.25. The molecule has 3 rings (SSSR count). The van der Waals surface area contributed by atoms with Gasteiger partial charge in [0.1, 0.15) is 0 Å². The first-order valence-corrected chi connectivity index (χ1v) is 9.46. The van der Waals surface area contributed by atoms with Gasteiger partial charge in [0.05, 0.1) is 16.8 Å². The summed E-state index contributed by atoms with van der Waals surface area (Å²) in [6.45, 7) is 2.85. The molecule has 0 aliphatic carbocycles. The molecular formula is C19H20IN3O2. The summed E-state index contributed by atoms with van der Waals surface area (Å²) in [7, 11) is 0. The maximum Gasteiger partial charge on any atom is 0.257 e. The van der Waals surface area contributed by atoms with Crippen molar-refractivity contribution in [2.45, 2.75) is 32.2 Å². The monoisotopic (exact) mass is 449 g/mol. The number of nitrogens with zero attached hydrogens (tertiary/aromatic N) is 2. The van der Waals surface area contributed by atoms with Crippen molar-refractivity contribution >= 4 is 40.1 Å². The zero-order valence-corrected chi connectivity index (χ0v) is 16.2. The van der Waals surface area contributed by atoms with Gasteiger partial charge in [-0.05, 0) is 79.1 Å². The summed E-state index contributed by atoms with van der Waals surface area (Å²) < 4.78 is 0.963. The molecular weight excluding hydrogens is 429 g/mol. The molecule has 0 saturated carbocycles. The van der Waals surface area contributed by atoms with Crippen LogP contribution < -0.4 is 5.32 Å². The Morgan fingerprint density at radius 2 is 2.12 bits per heavy atom. The molecule has 25 heavy (non-hydrogen) atoms. The number of benzene rings is 1. The van der Waals surface area contributed by atoms with Gasteiger partial charge in [0.15, 0.2) is 0 Å². The number of hydrogen-bond donors (Lipinski definition) is 1. The summed E-state index contributed by atoms with van der Waals surface area (Å²) in [5.74, 6) is -0.290. The van der Waals surface area contributed by atoms with E-state index in [4.69, 9.17) is 0 Å². The van der Waals surface area contributed by atoms with Gasteiger partial charge in [0, 0.05) is 28.6 Å². The normalized spacial score (nSPS) is 17.2. The van der Waals surface area contributed by atoms with Crippen molar-refractivity contribution in [1.82, 2.24) is 9.88 Å². The number of nitrogens with one attached hydrogen (secondary N) is 1. The van der Waals surface area contributed by atoms with Gasteiger partial charge in [-0.25, -0.2) is 0 Å². The van der Waals surface area contributed by atoms with E-state index in [9.17, 15) is 9.59 Å². The van der Waals surface area contributed by atoms with Crippen molar-refractivity contribution in [3.8, 4) is 0 Å². The van der Waals surface area contributed by atoms with Crippen LogP contribution in [0.3, 0.4) is 0 Å². The molecule has 1 aromatic heterocycles. The van der Waals surface area contributed by atoms with E-state index in [0.717, 1.165) is 29.4 Å². The Bertz CT molecular complexity index is 779. The van der Waals surface area contributed by atoms with Crippen LogP contribution in [-0.4, -0.2) is 34.3 Å². The minimum absolute atomic E-state index is 0.0211. The first-order valence-electron chi connectivity index (χ1n) is 8.38. The first kappa shape index (κ1) is 17.8. The Morgan fingerprint density at radius 3 is 2.84 bits per heavy atom. The number of hydrogen-bond acceptors (Lipinski definition) is 3. The molecule has 1 aliphatic heterocycles. The number of carbonyl (C=O) groups is 2. The number of amides is 2. The zero-order chi connectivity index (χ0) is 17.8. The van der Waals surface area contributed by atoms with Crippen LogP contribution in [0.5, 0.6) is 0 Å². The van der Waals surface area contributed by atoms with Gasteiger partial charge in [0.2, 0.25) is 0 Å². The molecule has 1 N–H and O–H groups in total. The van der Waals surface area contributed by atoms with E-state index in [1.807, 2.05) is 17.0 Å². The third-order valence-corrected chi connectivity index (χ3v) is 5.12. The second kappa shape index (κ2) is 7.95. The molecule has 130 valence electrons. The molecule has 6 heteroatoms. The second-order valence-electron chi connectivity index (χ2n) is 6.23. The fourth-order valence-electron chi connectivity index (χ4n) is 3.05. The van der Waals surface area contributed by atoms with E-state index < -0.39 is 0 Å². The quantitative estimate of drug-likeness (QED) is 0.722. The van der Waals surface area contributed by atoms with Gasteiger partial charge < -0.3 is 10.2 Å². The lowest BCUT2D eigenvalue weighted by molar-refractivity contribution is 0.0636. The molecule has 0 radical (unpaired) electrons. The van der Waals surface area contributed by atoms with E-state index in [0.29, 0.717) is 16.8 Å². The molecule has 0 unspecified atom stereocenters. The Balaban J connectivity index is 1.88. The predicted molar refractivity (Wildman–Crippen MR) is 106 cm³/mol. The standard InChI is InChI=1S/C19H20IN3O2/c1-13-5-2-3-10-23(13)19(25)16-11-15(20)7-8-17(16)22-18(24)14-6-4-9-21-12-14/h4,6-9,11-13H,2-3,5,10H2,1H3,(H,22,24)/t13-/m1/s1. The Labute approximate surface area is 161 Å². The van der Waals surface area contributed by atoms with E-state index in [-0.39, 0.29) is 17.9 Å². The second-order valence-corrected chi connectivity index (χ2v) is 7.47. The van der Waals surface area contributed by atoms with E-state index in [1.165, 1.54) is 6.20 Å². The van der Waals surface area contributed by atoms with Crippen LogP contribution in [0.15, 0.2) is 42.7 Å². The van der Waals surface area contributed by atoms with Crippen LogP contribution in [-0.2, 0) is 0 Å². The highest BCUT2D eigenvalue weighted by atomic mass is 127. The molecule has 0 bridgehead atoms. The molecule has 1 fully saturated rings. The fraction of sp³-hybridized carbons (Fsp3) is 0.316. The van der Waals surface area contributed by atoms with E-state index in [1.54, 1.807) is 24.4 Å². The van der Waals surface area contributed by atoms with Crippen molar-refractivity contribution in [3.63, 3.8) is 0 Å². The average molecular weight is 449 g/mol. The molecule has 0 spiro atoms.